The van der Waals surface area contributed by atoms with Crippen molar-refractivity contribution in [3.05, 3.63) is 56.2 Å². The molecule has 0 radical (unpaired) electrons. The third-order valence-electron chi connectivity index (χ3n) is 2.69. The van der Waals surface area contributed by atoms with Crippen molar-refractivity contribution in [2.75, 3.05) is 0 Å². The van der Waals surface area contributed by atoms with Crippen molar-refractivity contribution in [2.45, 2.75) is 18.7 Å². The van der Waals surface area contributed by atoms with Crippen molar-refractivity contribution >= 4 is 27.3 Å². The van der Waals surface area contributed by atoms with Gasteiger partial charge in [-0.25, -0.2) is 0 Å². The Bertz CT molecular complexity index is 565. The minimum atomic E-state index is -4.45. The first kappa shape index (κ1) is 14.6. The maximum atomic E-state index is 12.8. The van der Waals surface area contributed by atoms with E-state index in [0.29, 0.717) is 0 Å². The molecule has 1 atom stereocenters. The lowest BCUT2D eigenvalue weighted by Gasteiger charge is -2.17. The van der Waals surface area contributed by atoms with Gasteiger partial charge in [-0.1, -0.05) is 18.2 Å². The van der Waals surface area contributed by atoms with Gasteiger partial charge in [-0.05, 0) is 39.0 Å². The van der Waals surface area contributed by atoms with Crippen molar-refractivity contribution in [3.63, 3.8) is 0 Å². The summed E-state index contributed by atoms with van der Waals surface area (Å²) in [6, 6.07) is 6.93. The molecule has 0 aliphatic rings. The van der Waals surface area contributed by atoms with Gasteiger partial charge in [0, 0.05) is 15.8 Å². The van der Waals surface area contributed by atoms with E-state index in [2.05, 4.69) is 15.9 Å². The average Bonchev–Trinajstić information content (AvgIpc) is 2.74. The Morgan fingerprint density at radius 1 is 1.21 bits per heavy atom. The summed E-state index contributed by atoms with van der Waals surface area (Å²) in [6.07, 6.45) is -5.47. The molecule has 2 rings (SSSR count). The van der Waals surface area contributed by atoms with Gasteiger partial charge in [-0.3, -0.25) is 0 Å². The first-order valence-electron chi connectivity index (χ1n) is 5.45. The molecule has 0 bridgehead atoms. The number of aliphatic hydroxyl groups excluding tert-OH is 1. The highest BCUT2D eigenvalue weighted by atomic mass is 79.9. The number of thiophene rings is 1. The van der Waals surface area contributed by atoms with Gasteiger partial charge in [0.05, 0.1) is 11.7 Å². The van der Waals surface area contributed by atoms with Crippen molar-refractivity contribution < 1.29 is 18.3 Å². The highest BCUT2D eigenvalue weighted by molar-refractivity contribution is 9.10. The van der Waals surface area contributed by atoms with Crippen LogP contribution in [0.1, 0.15) is 22.1 Å². The molecule has 102 valence electrons. The van der Waals surface area contributed by atoms with Crippen molar-refractivity contribution in [2.24, 2.45) is 0 Å². The Labute approximate surface area is 120 Å². The van der Waals surface area contributed by atoms with Gasteiger partial charge < -0.3 is 5.11 Å². The van der Waals surface area contributed by atoms with E-state index in [-0.39, 0.29) is 12.0 Å². The quantitative estimate of drug-likeness (QED) is 0.842. The van der Waals surface area contributed by atoms with Gasteiger partial charge in [-0.2, -0.15) is 13.2 Å². The van der Waals surface area contributed by atoms with E-state index in [4.69, 9.17) is 0 Å². The van der Waals surface area contributed by atoms with Crippen LogP contribution in [0.3, 0.4) is 0 Å². The second-order valence-corrected chi connectivity index (χ2v) is 5.85. The summed E-state index contributed by atoms with van der Waals surface area (Å²) in [5, 5.41) is 11.9. The Kier molecular flexibility index (Phi) is 4.32. The topological polar surface area (TPSA) is 20.2 Å². The molecule has 0 saturated heterocycles. The first-order valence-corrected chi connectivity index (χ1v) is 7.13. The molecule has 0 fully saturated rings. The summed E-state index contributed by atoms with van der Waals surface area (Å²) in [4.78, 5) is 0.824. The number of aliphatic hydroxyl groups is 1. The zero-order valence-electron chi connectivity index (χ0n) is 9.62. The number of alkyl halides is 3. The lowest BCUT2D eigenvalue weighted by molar-refractivity contribution is -0.139. The van der Waals surface area contributed by atoms with Crippen LogP contribution in [0, 0.1) is 0 Å². The van der Waals surface area contributed by atoms with Gasteiger partial charge in [0.1, 0.15) is 0 Å². The van der Waals surface area contributed by atoms with E-state index in [1.807, 2.05) is 11.4 Å². The third-order valence-corrected chi connectivity index (χ3v) is 4.64. The number of hydrogen-bond acceptors (Lipinski definition) is 2. The maximum absolute atomic E-state index is 12.8. The molecule has 19 heavy (non-hydrogen) atoms. The SMILES string of the molecule is OC(Cc1sccc1Br)c1ccccc1C(F)(F)F. The highest BCUT2D eigenvalue weighted by Gasteiger charge is 2.34. The lowest BCUT2D eigenvalue weighted by atomic mass is 9.99. The Balaban J connectivity index is 2.29. The molecule has 1 unspecified atom stereocenters. The molecule has 0 aliphatic carbocycles. The molecular formula is C13H10BrF3OS. The van der Waals surface area contributed by atoms with Gasteiger partial charge >= 0.3 is 6.18 Å². The number of hydrogen-bond donors (Lipinski definition) is 1. The van der Waals surface area contributed by atoms with Crippen molar-refractivity contribution in [1.82, 2.24) is 0 Å². The van der Waals surface area contributed by atoms with Crippen LogP contribution in [0.25, 0.3) is 0 Å². The van der Waals surface area contributed by atoms with E-state index in [1.54, 1.807) is 0 Å². The molecular weight excluding hydrogens is 341 g/mol. The van der Waals surface area contributed by atoms with E-state index < -0.39 is 17.8 Å². The molecule has 1 N–H and O–H groups in total. The smallest absolute Gasteiger partial charge is 0.388 e. The largest absolute Gasteiger partial charge is 0.416 e. The van der Waals surface area contributed by atoms with Gasteiger partial charge in [0.25, 0.3) is 0 Å². The fourth-order valence-corrected chi connectivity index (χ4v) is 3.35. The molecule has 0 saturated carbocycles. The van der Waals surface area contributed by atoms with Crippen LogP contribution >= 0.6 is 27.3 Å². The number of halogens is 4. The maximum Gasteiger partial charge on any atom is 0.416 e. The molecule has 0 amide bonds. The minimum absolute atomic E-state index is 0.0877. The van der Waals surface area contributed by atoms with E-state index in [1.165, 1.54) is 29.5 Å². The monoisotopic (exact) mass is 350 g/mol. The fraction of sp³-hybridized carbons (Fsp3) is 0.231. The average molecular weight is 351 g/mol. The van der Waals surface area contributed by atoms with Gasteiger partial charge in [0.2, 0.25) is 0 Å². The minimum Gasteiger partial charge on any atom is -0.388 e. The van der Waals surface area contributed by atoms with Crippen molar-refractivity contribution in [3.8, 4) is 0 Å². The fourth-order valence-electron chi connectivity index (χ4n) is 1.80. The third kappa shape index (κ3) is 3.38. The second-order valence-electron chi connectivity index (χ2n) is 4.00. The second kappa shape index (κ2) is 5.64. The standard InChI is InChI=1S/C13H10BrF3OS/c14-10-5-6-19-12(10)7-11(18)8-3-1-2-4-9(8)13(15,16)17/h1-6,11,18H,7H2. The Morgan fingerprint density at radius 3 is 2.47 bits per heavy atom. The normalized spacial score (nSPS) is 13.5. The van der Waals surface area contributed by atoms with Gasteiger partial charge in [0.15, 0.2) is 0 Å². The summed E-state index contributed by atoms with van der Waals surface area (Å²) in [5.41, 5.74) is -0.870. The molecule has 0 spiro atoms. The van der Waals surface area contributed by atoms with Crippen LogP contribution in [0.5, 0.6) is 0 Å². The number of benzene rings is 1. The van der Waals surface area contributed by atoms with E-state index in [0.717, 1.165) is 15.4 Å². The summed E-state index contributed by atoms with van der Waals surface area (Å²) >= 11 is 4.70. The Hall–Kier alpha value is -0.850. The van der Waals surface area contributed by atoms with Crippen LogP contribution < -0.4 is 0 Å². The van der Waals surface area contributed by atoms with Gasteiger partial charge in [-0.15, -0.1) is 11.3 Å². The summed E-state index contributed by atoms with van der Waals surface area (Å²) in [5.74, 6) is 0. The van der Waals surface area contributed by atoms with E-state index >= 15 is 0 Å². The molecule has 1 aromatic heterocycles. The zero-order chi connectivity index (χ0) is 14.0. The lowest BCUT2D eigenvalue weighted by Crippen LogP contribution is -2.13. The van der Waals surface area contributed by atoms with Crippen LogP contribution in [0.4, 0.5) is 13.2 Å². The van der Waals surface area contributed by atoms with Crippen LogP contribution in [0.2, 0.25) is 0 Å². The van der Waals surface area contributed by atoms with Crippen LogP contribution in [-0.4, -0.2) is 5.11 Å². The summed E-state index contributed by atoms with van der Waals surface area (Å²) < 4.78 is 39.4. The molecule has 1 aromatic carbocycles. The van der Waals surface area contributed by atoms with E-state index in [9.17, 15) is 18.3 Å². The van der Waals surface area contributed by atoms with Crippen molar-refractivity contribution in [1.29, 1.82) is 0 Å². The molecule has 6 heteroatoms. The highest BCUT2D eigenvalue weighted by Crippen LogP contribution is 2.36. The molecule has 1 heterocycles. The van der Waals surface area contributed by atoms with Crippen LogP contribution in [0.15, 0.2) is 40.2 Å². The molecule has 2 aromatic rings. The summed E-state index contributed by atoms with van der Waals surface area (Å²) in [6.45, 7) is 0. The summed E-state index contributed by atoms with van der Waals surface area (Å²) in [7, 11) is 0. The predicted molar refractivity (Wildman–Crippen MR) is 72.1 cm³/mol. The Morgan fingerprint density at radius 2 is 1.89 bits per heavy atom. The zero-order valence-corrected chi connectivity index (χ0v) is 12.0. The van der Waals surface area contributed by atoms with Crippen LogP contribution in [-0.2, 0) is 12.6 Å². The predicted octanol–water partition coefficient (Wildman–Crippen LogP) is 4.81. The number of rotatable bonds is 3. The first-order chi connectivity index (χ1) is 8.89. The molecule has 0 aliphatic heterocycles. The molecule has 1 nitrogen and oxygen atoms in total.